The minimum atomic E-state index is 0.308. The summed E-state index contributed by atoms with van der Waals surface area (Å²) in [5.41, 5.74) is 1.37. The van der Waals surface area contributed by atoms with Crippen molar-refractivity contribution in [1.82, 2.24) is 0 Å². The van der Waals surface area contributed by atoms with E-state index in [-0.39, 0.29) is 0 Å². The first-order chi connectivity index (χ1) is 7.08. The van der Waals surface area contributed by atoms with Gasteiger partial charge in [-0.05, 0) is 17.4 Å². The van der Waals surface area contributed by atoms with Gasteiger partial charge in [0.15, 0.2) is 0 Å². The van der Waals surface area contributed by atoms with Gasteiger partial charge in [-0.2, -0.15) is 0 Å². The molecule has 0 spiro atoms. The second kappa shape index (κ2) is 5.54. The van der Waals surface area contributed by atoms with Crippen molar-refractivity contribution in [2.75, 3.05) is 6.61 Å². The summed E-state index contributed by atoms with van der Waals surface area (Å²) in [6.07, 6.45) is 2.75. The predicted molar refractivity (Wildman–Crippen MR) is 64.1 cm³/mol. The van der Waals surface area contributed by atoms with Crippen LogP contribution in [0.5, 0.6) is 0 Å². The van der Waals surface area contributed by atoms with Gasteiger partial charge >= 0.3 is 0 Å². The van der Waals surface area contributed by atoms with Crippen LogP contribution in [0, 0.1) is 5.41 Å². The van der Waals surface area contributed by atoms with E-state index < -0.39 is 0 Å². The van der Waals surface area contributed by atoms with E-state index in [1.807, 2.05) is 30.3 Å². The molecule has 2 heteroatoms. The van der Waals surface area contributed by atoms with Crippen molar-refractivity contribution in [2.45, 2.75) is 27.2 Å². The number of rotatable bonds is 4. The third kappa shape index (κ3) is 5.89. The summed E-state index contributed by atoms with van der Waals surface area (Å²) in [6, 6.07) is 9.94. The average Bonchev–Trinajstić information content (AvgIpc) is 2.17. The van der Waals surface area contributed by atoms with E-state index >= 15 is 0 Å². The quantitative estimate of drug-likeness (QED) is 0.419. The molecule has 82 valence electrons. The average molecular weight is 205 g/mol. The number of hydrogen-bond donors (Lipinski definition) is 0. The second-order valence-corrected chi connectivity index (χ2v) is 4.79. The molecule has 0 N–H and O–H groups in total. The lowest BCUT2D eigenvalue weighted by atomic mass is 9.93. The number of hydrogen-bond acceptors (Lipinski definition) is 2. The third-order valence-corrected chi connectivity index (χ3v) is 2.02. The Hall–Kier alpha value is -1.31. The molecule has 1 aromatic carbocycles. The summed E-state index contributed by atoms with van der Waals surface area (Å²) in [4.78, 5) is 5.18. The topological polar surface area (TPSA) is 21.6 Å². The molecule has 1 aromatic rings. The molecule has 0 saturated carbocycles. The fourth-order valence-corrected chi connectivity index (χ4v) is 1.04. The molecule has 0 aromatic heterocycles. The Bertz CT molecular complexity index is 298. The van der Waals surface area contributed by atoms with Crippen molar-refractivity contribution in [1.29, 1.82) is 0 Å². The van der Waals surface area contributed by atoms with Crippen molar-refractivity contribution in [3.8, 4) is 0 Å². The normalized spacial score (nSPS) is 11.9. The minimum Gasteiger partial charge on any atom is -0.396 e. The first kappa shape index (κ1) is 11.8. The Balaban J connectivity index is 2.24. The molecular weight excluding hydrogens is 186 g/mol. The van der Waals surface area contributed by atoms with Crippen LogP contribution in [0.3, 0.4) is 0 Å². The summed E-state index contributed by atoms with van der Waals surface area (Å²) >= 11 is 0. The molecule has 0 heterocycles. The number of benzene rings is 1. The van der Waals surface area contributed by atoms with Crippen LogP contribution in [0.1, 0.15) is 32.8 Å². The van der Waals surface area contributed by atoms with Gasteiger partial charge in [-0.3, -0.25) is 0 Å². The van der Waals surface area contributed by atoms with Gasteiger partial charge in [0.25, 0.3) is 0 Å². The van der Waals surface area contributed by atoms with Crippen LogP contribution in [-0.4, -0.2) is 12.8 Å². The Morgan fingerprint density at radius 3 is 2.47 bits per heavy atom. The van der Waals surface area contributed by atoms with E-state index in [2.05, 4.69) is 25.9 Å². The number of oxime groups is 1. The fraction of sp³-hybridized carbons (Fsp3) is 0.462. The molecule has 0 atom stereocenters. The van der Waals surface area contributed by atoms with Gasteiger partial charge < -0.3 is 4.84 Å². The van der Waals surface area contributed by atoms with Gasteiger partial charge in [-0.1, -0.05) is 56.3 Å². The maximum atomic E-state index is 5.18. The van der Waals surface area contributed by atoms with Crippen LogP contribution in [0.15, 0.2) is 35.5 Å². The van der Waals surface area contributed by atoms with Gasteiger partial charge in [0.05, 0.1) is 6.21 Å². The molecule has 0 amide bonds. The maximum absolute atomic E-state index is 5.18. The van der Waals surface area contributed by atoms with Crippen LogP contribution in [0.2, 0.25) is 0 Å². The van der Waals surface area contributed by atoms with Crippen LogP contribution in [-0.2, 0) is 4.84 Å². The van der Waals surface area contributed by atoms with Crippen molar-refractivity contribution >= 4 is 6.21 Å². The highest BCUT2D eigenvalue weighted by molar-refractivity contribution is 5.78. The molecular formula is C13H19NO. The second-order valence-electron chi connectivity index (χ2n) is 4.79. The highest BCUT2D eigenvalue weighted by atomic mass is 16.6. The molecule has 0 unspecified atom stereocenters. The summed E-state index contributed by atoms with van der Waals surface area (Å²) in [5.74, 6) is 0. The molecule has 0 aliphatic carbocycles. The van der Waals surface area contributed by atoms with Crippen molar-refractivity contribution in [2.24, 2.45) is 10.6 Å². The summed E-state index contributed by atoms with van der Waals surface area (Å²) in [7, 11) is 0. The lowest BCUT2D eigenvalue weighted by molar-refractivity contribution is 0.117. The summed E-state index contributed by atoms with van der Waals surface area (Å²) < 4.78 is 0. The van der Waals surface area contributed by atoms with Gasteiger partial charge in [0.1, 0.15) is 6.61 Å². The van der Waals surface area contributed by atoms with Gasteiger partial charge in [-0.25, -0.2) is 0 Å². The van der Waals surface area contributed by atoms with E-state index in [0.29, 0.717) is 12.0 Å². The Morgan fingerprint density at radius 2 is 1.87 bits per heavy atom. The Kier molecular flexibility index (Phi) is 4.35. The smallest absolute Gasteiger partial charge is 0.117 e. The predicted octanol–water partition coefficient (Wildman–Crippen LogP) is 3.47. The van der Waals surface area contributed by atoms with Crippen LogP contribution >= 0.6 is 0 Å². The Labute approximate surface area is 91.9 Å². The zero-order chi connectivity index (χ0) is 11.1. The van der Waals surface area contributed by atoms with Crippen LogP contribution < -0.4 is 0 Å². The van der Waals surface area contributed by atoms with E-state index in [1.54, 1.807) is 6.21 Å². The van der Waals surface area contributed by atoms with Gasteiger partial charge in [-0.15, -0.1) is 0 Å². The van der Waals surface area contributed by atoms with Crippen LogP contribution in [0.4, 0.5) is 0 Å². The van der Waals surface area contributed by atoms with E-state index in [1.165, 1.54) is 0 Å². The summed E-state index contributed by atoms with van der Waals surface area (Å²) in [5, 5.41) is 3.92. The summed E-state index contributed by atoms with van der Waals surface area (Å²) in [6.45, 7) is 7.25. The highest BCUT2D eigenvalue weighted by Gasteiger charge is 2.09. The van der Waals surface area contributed by atoms with E-state index in [9.17, 15) is 0 Å². The standard InChI is InChI=1S/C13H19NO/c1-13(2,3)9-10-15-14-11-12-7-5-4-6-8-12/h4-8,11H,9-10H2,1-3H3/b14-11+. The lowest BCUT2D eigenvalue weighted by Gasteiger charge is -2.16. The van der Waals surface area contributed by atoms with Crippen LogP contribution in [0.25, 0.3) is 0 Å². The van der Waals surface area contributed by atoms with Crippen molar-refractivity contribution < 1.29 is 4.84 Å². The molecule has 1 rings (SSSR count). The van der Waals surface area contributed by atoms with Gasteiger partial charge in [0.2, 0.25) is 0 Å². The SMILES string of the molecule is CC(C)(C)CCO/N=C/c1ccccc1. The van der Waals surface area contributed by atoms with E-state index in [4.69, 9.17) is 4.84 Å². The zero-order valence-electron chi connectivity index (χ0n) is 9.73. The first-order valence-electron chi connectivity index (χ1n) is 5.28. The first-order valence-corrected chi connectivity index (χ1v) is 5.28. The Morgan fingerprint density at radius 1 is 1.20 bits per heavy atom. The molecule has 0 bridgehead atoms. The molecule has 15 heavy (non-hydrogen) atoms. The number of nitrogens with zero attached hydrogens (tertiary/aromatic N) is 1. The third-order valence-electron chi connectivity index (χ3n) is 2.02. The van der Waals surface area contributed by atoms with Gasteiger partial charge in [0, 0.05) is 0 Å². The van der Waals surface area contributed by atoms with Crippen molar-refractivity contribution in [3.63, 3.8) is 0 Å². The molecule has 2 nitrogen and oxygen atoms in total. The zero-order valence-corrected chi connectivity index (χ0v) is 9.73. The molecule has 0 aliphatic heterocycles. The highest BCUT2D eigenvalue weighted by Crippen LogP contribution is 2.17. The maximum Gasteiger partial charge on any atom is 0.117 e. The molecule has 0 aliphatic rings. The molecule has 0 saturated heterocycles. The minimum absolute atomic E-state index is 0.308. The van der Waals surface area contributed by atoms with Crippen molar-refractivity contribution in [3.05, 3.63) is 35.9 Å². The van der Waals surface area contributed by atoms with E-state index in [0.717, 1.165) is 12.0 Å². The fourth-order valence-electron chi connectivity index (χ4n) is 1.04. The lowest BCUT2D eigenvalue weighted by Crippen LogP contribution is -2.08. The molecule has 0 radical (unpaired) electrons. The molecule has 0 fully saturated rings. The largest absolute Gasteiger partial charge is 0.396 e. The monoisotopic (exact) mass is 205 g/mol.